The Morgan fingerprint density at radius 2 is 2.29 bits per heavy atom. The molecule has 7 heavy (non-hydrogen) atoms. The first-order valence-electron chi connectivity index (χ1n) is 3.04. The maximum absolute atomic E-state index is 5.33. The quantitative estimate of drug-likeness (QED) is 0.456. The van der Waals surface area contributed by atoms with E-state index >= 15 is 0 Å². The fourth-order valence-electron chi connectivity index (χ4n) is 1.02. The summed E-state index contributed by atoms with van der Waals surface area (Å²) in [5.41, 5.74) is 0. The van der Waals surface area contributed by atoms with Gasteiger partial charge in [0.2, 0.25) is 0 Å². The second kappa shape index (κ2) is 1.89. The Morgan fingerprint density at radius 1 is 1.71 bits per heavy atom. The molecule has 1 aliphatic rings. The SMILES string of the molecule is [B]CCC1CC1C. The average molecular weight is 94.0 g/mol. The largest absolute Gasteiger partial charge is 0.0884 e. The van der Waals surface area contributed by atoms with Crippen LogP contribution in [0.5, 0.6) is 0 Å². The maximum Gasteiger partial charge on any atom is 0.0653 e. The summed E-state index contributed by atoms with van der Waals surface area (Å²) in [4.78, 5) is 0. The first-order valence-corrected chi connectivity index (χ1v) is 3.04. The molecule has 2 unspecified atom stereocenters. The smallest absolute Gasteiger partial charge is 0.0653 e. The second-order valence-corrected chi connectivity index (χ2v) is 2.55. The standard InChI is InChI=1S/C6H11B/c1-5-4-6(5)2-3-7/h5-6H,2-4H2,1H3. The van der Waals surface area contributed by atoms with Crippen molar-refractivity contribution < 1.29 is 0 Å². The molecule has 1 fully saturated rings. The molecule has 2 atom stereocenters. The third-order valence-corrected chi connectivity index (χ3v) is 1.81. The van der Waals surface area contributed by atoms with Crippen molar-refractivity contribution in [3.8, 4) is 0 Å². The highest BCUT2D eigenvalue weighted by atomic mass is 14.4. The molecule has 0 aromatic rings. The van der Waals surface area contributed by atoms with Gasteiger partial charge in [0.1, 0.15) is 0 Å². The van der Waals surface area contributed by atoms with Gasteiger partial charge in [-0.25, -0.2) is 0 Å². The fraction of sp³-hybridized carbons (Fsp3) is 1.00. The van der Waals surface area contributed by atoms with Gasteiger partial charge in [0.15, 0.2) is 0 Å². The highest BCUT2D eigenvalue weighted by Gasteiger charge is 2.30. The lowest BCUT2D eigenvalue weighted by Crippen LogP contribution is -1.76. The van der Waals surface area contributed by atoms with Crippen LogP contribution < -0.4 is 0 Å². The summed E-state index contributed by atoms with van der Waals surface area (Å²) < 4.78 is 0. The monoisotopic (exact) mass is 94.1 g/mol. The van der Waals surface area contributed by atoms with Crippen LogP contribution in [0.25, 0.3) is 0 Å². The molecule has 0 aromatic carbocycles. The van der Waals surface area contributed by atoms with Crippen molar-refractivity contribution in [2.24, 2.45) is 11.8 Å². The average Bonchev–Trinajstić information content (AvgIpc) is 2.22. The number of hydrogen-bond donors (Lipinski definition) is 0. The molecular weight excluding hydrogens is 82.9 g/mol. The molecular formula is C6H11B. The molecule has 0 heterocycles. The van der Waals surface area contributed by atoms with Crippen molar-refractivity contribution >= 4 is 7.85 Å². The lowest BCUT2D eigenvalue weighted by molar-refractivity contribution is 0.723. The van der Waals surface area contributed by atoms with Crippen molar-refractivity contribution in [3.63, 3.8) is 0 Å². The van der Waals surface area contributed by atoms with Crippen LogP contribution in [0.1, 0.15) is 19.8 Å². The lowest BCUT2D eigenvalue weighted by atomic mass is 9.99. The fourth-order valence-corrected chi connectivity index (χ4v) is 1.02. The third-order valence-electron chi connectivity index (χ3n) is 1.81. The van der Waals surface area contributed by atoms with E-state index in [0.717, 1.165) is 18.2 Å². The van der Waals surface area contributed by atoms with Gasteiger partial charge in [-0.05, 0) is 18.3 Å². The first kappa shape index (κ1) is 5.21. The highest BCUT2D eigenvalue weighted by molar-refractivity contribution is 6.08. The minimum atomic E-state index is 0.884. The third kappa shape index (κ3) is 1.22. The van der Waals surface area contributed by atoms with Crippen LogP contribution >= 0.6 is 0 Å². The van der Waals surface area contributed by atoms with Gasteiger partial charge >= 0.3 is 0 Å². The van der Waals surface area contributed by atoms with Crippen LogP contribution in [0, 0.1) is 11.8 Å². The minimum Gasteiger partial charge on any atom is -0.0884 e. The summed E-state index contributed by atoms with van der Waals surface area (Å²) in [7, 11) is 5.33. The Labute approximate surface area is 46.7 Å². The van der Waals surface area contributed by atoms with Crippen LogP contribution in [0.3, 0.4) is 0 Å². The van der Waals surface area contributed by atoms with Gasteiger partial charge in [-0.15, -0.1) is 0 Å². The zero-order chi connectivity index (χ0) is 5.28. The summed E-state index contributed by atoms with van der Waals surface area (Å²) >= 11 is 0. The van der Waals surface area contributed by atoms with E-state index in [1.54, 1.807) is 0 Å². The number of hydrogen-bond acceptors (Lipinski definition) is 0. The molecule has 0 aliphatic heterocycles. The van der Waals surface area contributed by atoms with Crippen molar-refractivity contribution in [3.05, 3.63) is 0 Å². The molecule has 0 spiro atoms. The van der Waals surface area contributed by atoms with E-state index in [4.69, 9.17) is 7.85 Å². The predicted molar refractivity (Wildman–Crippen MR) is 32.4 cm³/mol. The number of rotatable bonds is 2. The van der Waals surface area contributed by atoms with Gasteiger partial charge < -0.3 is 0 Å². The molecule has 38 valence electrons. The topological polar surface area (TPSA) is 0 Å². The van der Waals surface area contributed by atoms with Gasteiger partial charge in [-0.1, -0.05) is 19.7 Å². The zero-order valence-electron chi connectivity index (χ0n) is 4.85. The maximum atomic E-state index is 5.33. The van der Waals surface area contributed by atoms with E-state index in [9.17, 15) is 0 Å². The van der Waals surface area contributed by atoms with Crippen molar-refractivity contribution in [2.75, 3.05) is 0 Å². The summed E-state index contributed by atoms with van der Waals surface area (Å²) in [6, 6.07) is 0. The summed E-state index contributed by atoms with van der Waals surface area (Å²) in [6.07, 6.45) is 3.56. The molecule has 2 radical (unpaired) electrons. The summed E-state index contributed by atoms with van der Waals surface area (Å²) in [6.45, 7) is 2.29. The Morgan fingerprint density at radius 3 is 2.43 bits per heavy atom. The molecule has 1 aliphatic carbocycles. The lowest BCUT2D eigenvalue weighted by Gasteiger charge is -1.86. The van der Waals surface area contributed by atoms with Gasteiger partial charge in [0, 0.05) is 0 Å². The Hall–Kier alpha value is 0.0649. The molecule has 1 rings (SSSR count). The molecule has 0 nitrogen and oxygen atoms in total. The Balaban J connectivity index is 1.98. The summed E-state index contributed by atoms with van der Waals surface area (Å²) in [5, 5.41) is 0. The molecule has 0 aromatic heterocycles. The van der Waals surface area contributed by atoms with E-state index in [0.29, 0.717) is 0 Å². The van der Waals surface area contributed by atoms with E-state index in [-0.39, 0.29) is 0 Å². The van der Waals surface area contributed by atoms with Crippen molar-refractivity contribution in [1.29, 1.82) is 0 Å². The van der Waals surface area contributed by atoms with Crippen LogP contribution in [0.2, 0.25) is 6.32 Å². The van der Waals surface area contributed by atoms with Gasteiger partial charge in [-0.3, -0.25) is 0 Å². The Bertz CT molecular complexity index is 61.2. The molecule has 0 saturated heterocycles. The van der Waals surface area contributed by atoms with Crippen LogP contribution in [0.15, 0.2) is 0 Å². The Kier molecular flexibility index (Phi) is 1.41. The van der Waals surface area contributed by atoms with Gasteiger partial charge in [-0.2, -0.15) is 0 Å². The molecule has 0 N–H and O–H groups in total. The highest BCUT2D eigenvalue weighted by Crippen LogP contribution is 2.40. The molecule has 0 amide bonds. The van der Waals surface area contributed by atoms with E-state index in [2.05, 4.69) is 6.92 Å². The van der Waals surface area contributed by atoms with E-state index in [1.807, 2.05) is 0 Å². The van der Waals surface area contributed by atoms with Crippen molar-refractivity contribution in [2.45, 2.75) is 26.1 Å². The summed E-state index contributed by atoms with van der Waals surface area (Å²) in [5.74, 6) is 1.98. The van der Waals surface area contributed by atoms with Gasteiger partial charge in [0.05, 0.1) is 7.85 Å². The zero-order valence-corrected chi connectivity index (χ0v) is 4.85. The van der Waals surface area contributed by atoms with Crippen LogP contribution in [-0.2, 0) is 0 Å². The minimum absolute atomic E-state index is 0.884. The van der Waals surface area contributed by atoms with E-state index in [1.165, 1.54) is 12.8 Å². The van der Waals surface area contributed by atoms with Crippen molar-refractivity contribution in [1.82, 2.24) is 0 Å². The normalized spacial score (nSPS) is 38.4. The first-order chi connectivity index (χ1) is 3.34. The van der Waals surface area contributed by atoms with Gasteiger partial charge in [0.25, 0.3) is 0 Å². The predicted octanol–water partition coefficient (Wildman–Crippen LogP) is 1.62. The second-order valence-electron chi connectivity index (χ2n) is 2.55. The molecule has 1 saturated carbocycles. The van der Waals surface area contributed by atoms with Crippen LogP contribution in [-0.4, -0.2) is 7.85 Å². The van der Waals surface area contributed by atoms with Crippen LogP contribution in [0.4, 0.5) is 0 Å². The molecule has 0 bridgehead atoms. The van der Waals surface area contributed by atoms with E-state index < -0.39 is 0 Å². The molecule has 1 heteroatoms.